The molecule has 8 nitrogen and oxygen atoms in total. The van der Waals surface area contributed by atoms with E-state index in [0.29, 0.717) is 38.8 Å². The van der Waals surface area contributed by atoms with E-state index in [9.17, 15) is 19.2 Å². The Morgan fingerprint density at radius 1 is 0.625 bits per heavy atom. The van der Waals surface area contributed by atoms with E-state index in [0.717, 1.165) is 64.2 Å². The van der Waals surface area contributed by atoms with Gasteiger partial charge in [0.25, 0.3) is 0 Å². The summed E-state index contributed by atoms with van der Waals surface area (Å²) >= 11 is 0. The van der Waals surface area contributed by atoms with E-state index >= 15 is 0 Å². The highest BCUT2D eigenvalue weighted by atomic mass is 16.6. The average Bonchev–Trinajstić information content (AvgIpc) is 3.19. The lowest BCUT2D eigenvalue weighted by Crippen LogP contribution is -2.49. The normalized spacial score (nSPS) is 19.2. The number of esters is 2. The summed E-state index contributed by atoms with van der Waals surface area (Å²) in [7, 11) is 0. The topological polar surface area (TPSA) is 93.2 Å². The molecule has 2 aliphatic heterocycles. The van der Waals surface area contributed by atoms with Crippen molar-refractivity contribution in [1.82, 2.24) is 9.80 Å². The summed E-state index contributed by atoms with van der Waals surface area (Å²) < 4.78 is 12.6. The number of amides is 2. The van der Waals surface area contributed by atoms with Crippen LogP contribution in [-0.2, 0) is 41.5 Å². The first kappa shape index (κ1) is 44.5. The van der Waals surface area contributed by atoms with Gasteiger partial charge in [0.2, 0.25) is 11.8 Å². The number of benzene rings is 2. The van der Waals surface area contributed by atoms with Crippen LogP contribution >= 0.6 is 0 Å². The van der Waals surface area contributed by atoms with E-state index in [2.05, 4.69) is 76.3 Å². The zero-order chi connectivity index (χ0) is 40.6. The lowest BCUT2D eigenvalue weighted by Gasteiger charge is -2.37. The van der Waals surface area contributed by atoms with Crippen molar-refractivity contribution < 1.29 is 28.7 Å². The number of nitrogens with zero attached hydrogens (tertiary/aromatic N) is 2. The summed E-state index contributed by atoms with van der Waals surface area (Å²) in [4.78, 5) is 55.1. The smallest absolute Gasteiger partial charge is 0.329 e. The monoisotopic (exact) mass is 769 g/mol. The largest absolute Gasteiger partial charge is 0.460 e. The van der Waals surface area contributed by atoms with Gasteiger partial charge in [0.1, 0.15) is 24.3 Å². The molecule has 306 valence electrons. The van der Waals surface area contributed by atoms with Gasteiger partial charge in [-0.15, -0.1) is 0 Å². The molecule has 2 aromatic rings. The molecule has 2 aromatic carbocycles. The standard InChI is InChI=1S/C48H68N2O6/c1-37(51)49-35-21-17-27-41(49)45(53)55-43(31-29-39-23-13-11-14-24-39)47(3,4)33-19-9-7-8-10-20-34-48(5,6)44(32-30-40-25-15-12-16-26-40)56-46(54)42-28-18-22-36-50(42)38(2)52/h11-16,19-20,23-26,33-34,41-44H,7-10,17-18,21-22,27-32,35-36H2,1-6H3/b33-19+,34-20+/t41?,42?,43-,44-/m1/s1. The second-order valence-electron chi connectivity index (χ2n) is 17.1. The highest BCUT2D eigenvalue weighted by Crippen LogP contribution is 2.33. The molecule has 56 heavy (non-hydrogen) atoms. The number of aryl methyl sites for hydroxylation is 2. The molecule has 2 heterocycles. The van der Waals surface area contributed by atoms with Crippen LogP contribution in [-0.4, -0.2) is 70.9 Å². The number of carbonyl (C=O) groups is 4. The number of ether oxygens (including phenoxy) is 2. The minimum absolute atomic E-state index is 0.0757. The van der Waals surface area contributed by atoms with Crippen molar-refractivity contribution in [2.24, 2.45) is 10.8 Å². The molecule has 2 unspecified atom stereocenters. The Hall–Kier alpha value is -4.20. The minimum Gasteiger partial charge on any atom is -0.460 e. The van der Waals surface area contributed by atoms with Crippen LogP contribution in [0.4, 0.5) is 0 Å². The predicted molar refractivity (Wildman–Crippen MR) is 224 cm³/mol. The van der Waals surface area contributed by atoms with Crippen molar-refractivity contribution >= 4 is 23.8 Å². The molecule has 0 radical (unpaired) electrons. The molecule has 0 bridgehead atoms. The fourth-order valence-electron chi connectivity index (χ4n) is 8.11. The molecule has 0 spiro atoms. The van der Waals surface area contributed by atoms with E-state index in [-0.39, 0.29) is 36.0 Å². The quantitative estimate of drug-likeness (QED) is 0.0803. The van der Waals surface area contributed by atoms with Crippen molar-refractivity contribution in [3.63, 3.8) is 0 Å². The summed E-state index contributed by atoms with van der Waals surface area (Å²) in [6, 6.07) is 19.5. The Labute approximate surface area is 337 Å². The summed E-state index contributed by atoms with van der Waals surface area (Å²) in [5.41, 5.74) is 1.62. The van der Waals surface area contributed by atoms with E-state index < -0.39 is 22.9 Å². The number of rotatable bonds is 19. The first-order chi connectivity index (χ1) is 26.8. The maximum atomic E-state index is 13.5. The number of likely N-dealkylation sites (tertiary alicyclic amines) is 2. The lowest BCUT2D eigenvalue weighted by atomic mass is 9.82. The van der Waals surface area contributed by atoms with E-state index in [1.807, 2.05) is 36.4 Å². The molecule has 2 fully saturated rings. The van der Waals surface area contributed by atoms with Gasteiger partial charge in [-0.1, -0.05) is 113 Å². The van der Waals surface area contributed by atoms with Crippen LogP contribution in [0, 0.1) is 10.8 Å². The third-order valence-corrected chi connectivity index (χ3v) is 11.7. The van der Waals surface area contributed by atoms with Gasteiger partial charge in [-0.3, -0.25) is 9.59 Å². The number of carbonyl (C=O) groups excluding carboxylic acids is 4. The van der Waals surface area contributed by atoms with Gasteiger partial charge in [0.05, 0.1) is 0 Å². The van der Waals surface area contributed by atoms with Crippen LogP contribution in [0.2, 0.25) is 0 Å². The molecule has 2 amide bonds. The van der Waals surface area contributed by atoms with E-state index in [4.69, 9.17) is 9.47 Å². The molecule has 2 aliphatic rings. The van der Waals surface area contributed by atoms with E-state index in [1.165, 1.54) is 25.0 Å². The summed E-state index contributed by atoms with van der Waals surface area (Å²) in [6.07, 6.45) is 19.9. The van der Waals surface area contributed by atoms with Gasteiger partial charge in [-0.2, -0.15) is 0 Å². The molecule has 0 aliphatic carbocycles. The van der Waals surface area contributed by atoms with Gasteiger partial charge in [0.15, 0.2) is 0 Å². The average molecular weight is 769 g/mol. The van der Waals surface area contributed by atoms with Crippen molar-refractivity contribution in [3.8, 4) is 0 Å². The lowest BCUT2D eigenvalue weighted by molar-refractivity contribution is -0.165. The third-order valence-electron chi connectivity index (χ3n) is 11.7. The molecule has 8 heteroatoms. The predicted octanol–water partition coefficient (Wildman–Crippen LogP) is 9.60. The number of unbranched alkanes of at least 4 members (excludes halogenated alkanes) is 3. The van der Waals surface area contributed by atoms with Crippen LogP contribution in [0.3, 0.4) is 0 Å². The second kappa shape index (κ2) is 21.9. The second-order valence-corrected chi connectivity index (χ2v) is 17.1. The van der Waals surface area contributed by atoms with Crippen LogP contribution in [0.5, 0.6) is 0 Å². The van der Waals surface area contributed by atoms with Crippen molar-refractivity contribution in [2.75, 3.05) is 13.1 Å². The SMILES string of the molecule is CC(=O)N1CCCCC1C(=O)O[C@H](CCc1ccccc1)C(C)(C)/C=C/CCCC/C=C/C(C)(C)[C@@H](CCc1ccccc1)OC(=O)C1CCCCN1C(C)=O. The zero-order valence-electron chi connectivity index (χ0n) is 35.0. The molecule has 0 aromatic heterocycles. The fraction of sp³-hybridized carbons (Fsp3) is 0.583. The maximum Gasteiger partial charge on any atom is 0.329 e. The summed E-state index contributed by atoms with van der Waals surface area (Å²) in [5.74, 6) is -0.738. The maximum absolute atomic E-state index is 13.5. The Morgan fingerprint density at radius 2 is 1.00 bits per heavy atom. The van der Waals surface area contributed by atoms with Crippen LogP contribution in [0.1, 0.15) is 130 Å². The highest BCUT2D eigenvalue weighted by molar-refractivity contribution is 5.84. The summed E-state index contributed by atoms with van der Waals surface area (Å²) in [6.45, 7) is 12.8. The van der Waals surface area contributed by atoms with Crippen LogP contribution in [0.25, 0.3) is 0 Å². The van der Waals surface area contributed by atoms with Crippen molar-refractivity contribution in [1.29, 1.82) is 0 Å². The molecule has 0 saturated carbocycles. The van der Waals surface area contributed by atoms with Gasteiger partial charge in [-0.25, -0.2) is 9.59 Å². The first-order valence-electron chi connectivity index (χ1n) is 21.2. The van der Waals surface area contributed by atoms with Gasteiger partial charge in [-0.05, 0) is 101 Å². The molecule has 2 saturated heterocycles. The van der Waals surface area contributed by atoms with E-state index in [1.54, 1.807) is 9.80 Å². The van der Waals surface area contributed by atoms with Gasteiger partial charge < -0.3 is 19.3 Å². The molecule has 4 rings (SSSR count). The molecule has 0 N–H and O–H groups in total. The number of allylic oxidation sites excluding steroid dienone is 2. The molecule has 4 atom stereocenters. The van der Waals surface area contributed by atoms with Gasteiger partial charge in [0, 0.05) is 37.8 Å². The Balaban J connectivity index is 1.33. The Morgan fingerprint density at radius 3 is 1.36 bits per heavy atom. The van der Waals surface area contributed by atoms with Crippen LogP contribution in [0.15, 0.2) is 85.0 Å². The fourth-order valence-corrected chi connectivity index (χ4v) is 8.11. The summed E-state index contributed by atoms with van der Waals surface area (Å²) in [5, 5.41) is 0. The minimum atomic E-state index is -0.515. The zero-order valence-corrected chi connectivity index (χ0v) is 35.0. The Kier molecular flexibility index (Phi) is 17.4. The van der Waals surface area contributed by atoms with Crippen molar-refractivity contribution in [2.45, 2.75) is 156 Å². The van der Waals surface area contributed by atoms with Crippen molar-refractivity contribution in [3.05, 3.63) is 96.1 Å². The van der Waals surface area contributed by atoms with Crippen LogP contribution < -0.4 is 0 Å². The number of hydrogen-bond donors (Lipinski definition) is 0. The van der Waals surface area contributed by atoms with Gasteiger partial charge >= 0.3 is 11.9 Å². The third kappa shape index (κ3) is 13.8. The number of hydrogen-bond acceptors (Lipinski definition) is 6. The molecular formula is C48H68N2O6. The Bertz CT molecular complexity index is 1480. The first-order valence-corrected chi connectivity index (χ1v) is 21.2. The number of piperidine rings is 2. The molecular weight excluding hydrogens is 701 g/mol. The highest BCUT2D eigenvalue weighted by Gasteiger charge is 2.38.